The van der Waals surface area contributed by atoms with Crippen molar-refractivity contribution in [1.29, 1.82) is 0 Å². The molecular weight excluding hydrogens is 282 g/mol. The minimum absolute atomic E-state index is 0.151. The van der Waals surface area contributed by atoms with Gasteiger partial charge in [-0.3, -0.25) is 4.79 Å². The van der Waals surface area contributed by atoms with Gasteiger partial charge in [0.1, 0.15) is 13.2 Å². The largest absolute Gasteiger partial charge is 0.486 e. The van der Waals surface area contributed by atoms with E-state index in [4.69, 9.17) is 9.47 Å². The van der Waals surface area contributed by atoms with Crippen LogP contribution in [0.2, 0.25) is 0 Å². The van der Waals surface area contributed by atoms with Crippen LogP contribution in [0.1, 0.15) is 37.3 Å². The lowest BCUT2D eigenvalue weighted by atomic mass is 9.63. The average molecular weight is 298 g/mol. The molecule has 6 heteroatoms. The van der Waals surface area contributed by atoms with Crippen LogP contribution >= 0.6 is 0 Å². The zero-order chi connectivity index (χ0) is 15.3. The highest BCUT2D eigenvalue weighted by atomic mass is 19.3. The average Bonchev–Trinajstić information content (AvgIpc) is 2.35. The quantitative estimate of drug-likeness (QED) is 0.931. The molecule has 1 heterocycles. The van der Waals surface area contributed by atoms with Gasteiger partial charge in [-0.1, -0.05) is 6.42 Å². The monoisotopic (exact) mass is 298 g/mol. The minimum atomic E-state index is -3.14. The van der Waals surface area contributed by atoms with Crippen LogP contribution < -0.4 is 9.47 Å². The van der Waals surface area contributed by atoms with E-state index < -0.39 is 17.3 Å². The molecule has 0 spiro atoms. The van der Waals surface area contributed by atoms with E-state index in [1.807, 2.05) is 0 Å². The molecule has 2 aliphatic rings. The Bertz CT molecular complexity index is 588. The zero-order valence-electron chi connectivity index (χ0n) is 11.6. The molecule has 1 aromatic carbocycles. The van der Waals surface area contributed by atoms with E-state index >= 15 is 0 Å². The summed E-state index contributed by atoms with van der Waals surface area (Å²) in [6.07, 6.45) is 1.45. The van der Waals surface area contributed by atoms with Crippen LogP contribution in [0.4, 0.5) is 8.78 Å². The molecule has 0 bridgehead atoms. The molecule has 114 valence electrons. The summed E-state index contributed by atoms with van der Waals surface area (Å²) in [7, 11) is 0. The van der Waals surface area contributed by atoms with Crippen molar-refractivity contribution in [2.75, 3.05) is 13.2 Å². The van der Waals surface area contributed by atoms with E-state index in [1.54, 1.807) is 0 Å². The van der Waals surface area contributed by atoms with E-state index in [9.17, 15) is 18.7 Å². The van der Waals surface area contributed by atoms with Crippen LogP contribution in [0.5, 0.6) is 11.5 Å². The van der Waals surface area contributed by atoms with Crippen molar-refractivity contribution in [3.8, 4) is 11.5 Å². The van der Waals surface area contributed by atoms with Gasteiger partial charge in [-0.05, 0) is 30.5 Å². The fourth-order valence-corrected chi connectivity index (χ4v) is 2.98. The number of aliphatic carboxylic acids is 1. The summed E-state index contributed by atoms with van der Waals surface area (Å²) in [5.74, 6) is -3.60. The van der Waals surface area contributed by atoms with E-state index in [0.717, 1.165) is 13.3 Å². The summed E-state index contributed by atoms with van der Waals surface area (Å²) in [4.78, 5) is 11.6. The molecular formula is C15H16F2O4. The Balaban J connectivity index is 2.20. The van der Waals surface area contributed by atoms with E-state index in [-0.39, 0.29) is 16.9 Å². The van der Waals surface area contributed by atoms with Gasteiger partial charge in [-0.2, -0.15) is 0 Å². The second-order valence-corrected chi connectivity index (χ2v) is 5.67. The lowest BCUT2D eigenvalue weighted by Crippen LogP contribution is -2.44. The summed E-state index contributed by atoms with van der Waals surface area (Å²) in [5.41, 5.74) is -1.36. The van der Waals surface area contributed by atoms with Crippen LogP contribution in [-0.2, 0) is 16.1 Å². The first-order chi connectivity index (χ1) is 9.84. The van der Waals surface area contributed by atoms with Gasteiger partial charge >= 0.3 is 5.97 Å². The van der Waals surface area contributed by atoms with Crippen molar-refractivity contribution in [3.05, 3.63) is 23.3 Å². The van der Waals surface area contributed by atoms with Gasteiger partial charge in [-0.25, -0.2) is 8.78 Å². The van der Waals surface area contributed by atoms with Crippen LogP contribution in [-0.4, -0.2) is 24.3 Å². The fourth-order valence-electron chi connectivity index (χ4n) is 2.98. The third-order valence-electron chi connectivity index (χ3n) is 4.29. The third-order valence-corrected chi connectivity index (χ3v) is 4.29. The Morgan fingerprint density at radius 1 is 1.24 bits per heavy atom. The summed E-state index contributed by atoms with van der Waals surface area (Å²) in [6.45, 7) is 1.40. The van der Waals surface area contributed by atoms with E-state index in [0.29, 0.717) is 31.8 Å². The number of rotatable bonds is 3. The van der Waals surface area contributed by atoms with Crippen molar-refractivity contribution in [3.63, 3.8) is 0 Å². The SMILES string of the molecule is CC(F)(F)c1cc2c(cc1C1(C(=O)O)CCC1)OCCO2. The molecule has 0 radical (unpaired) electrons. The maximum Gasteiger partial charge on any atom is 0.314 e. The number of carbonyl (C=O) groups is 1. The summed E-state index contributed by atoms with van der Waals surface area (Å²) < 4.78 is 38.6. The van der Waals surface area contributed by atoms with Crippen molar-refractivity contribution >= 4 is 5.97 Å². The lowest BCUT2D eigenvalue weighted by molar-refractivity contribution is -0.147. The Hall–Kier alpha value is -1.85. The van der Waals surface area contributed by atoms with Gasteiger partial charge in [0, 0.05) is 12.5 Å². The number of fused-ring (bicyclic) bond motifs is 1. The highest BCUT2D eigenvalue weighted by molar-refractivity contribution is 5.83. The molecule has 0 aromatic heterocycles. The van der Waals surface area contributed by atoms with E-state index in [1.165, 1.54) is 12.1 Å². The van der Waals surface area contributed by atoms with Crippen LogP contribution in [0, 0.1) is 0 Å². The summed E-state index contributed by atoms with van der Waals surface area (Å²) in [6, 6.07) is 2.65. The number of halogens is 2. The van der Waals surface area contributed by atoms with Crippen LogP contribution in [0.25, 0.3) is 0 Å². The first-order valence-electron chi connectivity index (χ1n) is 6.90. The second kappa shape index (κ2) is 4.58. The number of carboxylic acids is 1. The number of carboxylic acid groups (broad SMARTS) is 1. The Morgan fingerprint density at radius 2 is 1.81 bits per heavy atom. The molecule has 0 unspecified atom stereocenters. The van der Waals surface area contributed by atoms with Crippen molar-refractivity contribution in [2.45, 2.75) is 37.5 Å². The Kier molecular flexibility index (Phi) is 3.07. The molecule has 0 amide bonds. The van der Waals surface area contributed by atoms with Crippen molar-refractivity contribution in [2.24, 2.45) is 0 Å². The Morgan fingerprint density at radius 3 is 2.24 bits per heavy atom. The third kappa shape index (κ3) is 2.13. The predicted molar refractivity (Wildman–Crippen MR) is 70.2 cm³/mol. The lowest BCUT2D eigenvalue weighted by Gasteiger charge is -2.40. The highest BCUT2D eigenvalue weighted by Crippen LogP contribution is 2.51. The molecule has 1 aliphatic heterocycles. The maximum atomic E-state index is 13.9. The van der Waals surface area contributed by atoms with Crippen LogP contribution in [0.15, 0.2) is 12.1 Å². The number of hydrogen-bond donors (Lipinski definition) is 1. The summed E-state index contributed by atoms with van der Waals surface area (Å²) in [5, 5.41) is 9.51. The topological polar surface area (TPSA) is 55.8 Å². The number of hydrogen-bond acceptors (Lipinski definition) is 3. The standard InChI is InChI=1S/C15H16F2O4/c1-14(16,17)9-7-11-12(21-6-5-20-11)8-10(9)15(13(18)19)3-2-4-15/h7-8H,2-6H2,1H3,(H,18,19). The first kappa shape index (κ1) is 14.1. The zero-order valence-corrected chi connectivity index (χ0v) is 11.6. The first-order valence-corrected chi connectivity index (χ1v) is 6.90. The second-order valence-electron chi connectivity index (χ2n) is 5.67. The molecule has 4 nitrogen and oxygen atoms in total. The molecule has 21 heavy (non-hydrogen) atoms. The molecule has 1 fully saturated rings. The Labute approximate surface area is 120 Å². The number of alkyl halides is 2. The predicted octanol–water partition coefficient (Wildman–Crippen LogP) is 3.08. The smallest absolute Gasteiger partial charge is 0.314 e. The molecule has 1 aliphatic carbocycles. The molecule has 0 saturated heterocycles. The number of benzene rings is 1. The van der Waals surface area contributed by atoms with Gasteiger partial charge in [0.2, 0.25) is 0 Å². The van der Waals surface area contributed by atoms with Gasteiger partial charge in [0.05, 0.1) is 5.41 Å². The highest BCUT2D eigenvalue weighted by Gasteiger charge is 2.50. The molecule has 1 aromatic rings. The van der Waals surface area contributed by atoms with Crippen molar-refractivity contribution < 1.29 is 28.2 Å². The maximum absolute atomic E-state index is 13.9. The van der Waals surface area contributed by atoms with E-state index in [2.05, 4.69) is 0 Å². The number of ether oxygens (including phenoxy) is 2. The van der Waals surface area contributed by atoms with Gasteiger partial charge in [-0.15, -0.1) is 0 Å². The van der Waals surface area contributed by atoms with Gasteiger partial charge in [0.15, 0.2) is 11.5 Å². The van der Waals surface area contributed by atoms with Gasteiger partial charge in [0.25, 0.3) is 5.92 Å². The molecule has 3 rings (SSSR count). The molecule has 0 atom stereocenters. The fraction of sp³-hybridized carbons (Fsp3) is 0.533. The normalized spacial score (nSPS) is 19.8. The molecule has 1 N–H and O–H groups in total. The molecule has 1 saturated carbocycles. The van der Waals surface area contributed by atoms with Gasteiger partial charge < -0.3 is 14.6 Å². The minimum Gasteiger partial charge on any atom is -0.486 e. The summed E-state index contributed by atoms with van der Waals surface area (Å²) >= 11 is 0. The van der Waals surface area contributed by atoms with Crippen molar-refractivity contribution in [1.82, 2.24) is 0 Å². The van der Waals surface area contributed by atoms with Crippen LogP contribution in [0.3, 0.4) is 0 Å².